The van der Waals surface area contributed by atoms with E-state index in [9.17, 15) is 18.0 Å². The Hall–Kier alpha value is -0.980. The first-order valence-electron chi connectivity index (χ1n) is 5.80. The second-order valence-corrected chi connectivity index (χ2v) is 4.56. The Kier molecular flexibility index (Phi) is 3.46. The van der Waals surface area contributed by atoms with Crippen LogP contribution >= 0.6 is 0 Å². The Balaban J connectivity index is 1.84. The van der Waals surface area contributed by atoms with Crippen molar-refractivity contribution < 1.29 is 18.0 Å². The number of hydrogen-bond acceptors (Lipinski definition) is 2. The molecule has 2 amide bonds. The van der Waals surface area contributed by atoms with Gasteiger partial charge in [-0.25, -0.2) is 4.79 Å². The van der Waals surface area contributed by atoms with Crippen LogP contribution in [0.5, 0.6) is 0 Å². The lowest BCUT2D eigenvalue weighted by Crippen LogP contribution is -2.42. The van der Waals surface area contributed by atoms with Crippen molar-refractivity contribution in [2.24, 2.45) is 0 Å². The molecule has 98 valence electrons. The van der Waals surface area contributed by atoms with E-state index in [0.29, 0.717) is 13.1 Å². The Labute approximate surface area is 97.7 Å². The number of hydrogen-bond donors (Lipinski definition) is 1. The SMILES string of the molecule is O=C1N(CC2CCCN2)CCN1CC(F)(F)F. The van der Waals surface area contributed by atoms with Crippen LogP contribution in [0.15, 0.2) is 0 Å². The molecule has 2 aliphatic heterocycles. The van der Waals surface area contributed by atoms with Crippen molar-refractivity contribution in [3.63, 3.8) is 0 Å². The van der Waals surface area contributed by atoms with E-state index in [1.807, 2.05) is 0 Å². The lowest BCUT2D eigenvalue weighted by Gasteiger charge is -2.22. The minimum absolute atomic E-state index is 0.172. The highest BCUT2D eigenvalue weighted by atomic mass is 19.4. The van der Waals surface area contributed by atoms with Gasteiger partial charge in [-0.2, -0.15) is 13.2 Å². The van der Waals surface area contributed by atoms with Gasteiger partial charge in [-0.05, 0) is 19.4 Å². The molecule has 1 atom stereocenters. The van der Waals surface area contributed by atoms with Crippen molar-refractivity contribution in [2.45, 2.75) is 25.1 Å². The molecule has 0 radical (unpaired) electrons. The second kappa shape index (κ2) is 4.72. The van der Waals surface area contributed by atoms with Crippen molar-refractivity contribution in [2.75, 3.05) is 32.7 Å². The van der Waals surface area contributed by atoms with E-state index in [2.05, 4.69) is 5.32 Å². The predicted octanol–water partition coefficient (Wildman–Crippen LogP) is 1.04. The summed E-state index contributed by atoms with van der Waals surface area (Å²) in [6.07, 6.45) is -2.25. The van der Waals surface area contributed by atoms with Crippen LogP contribution in [-0.4, -0.2) is 60.8 Å². The van der Waals surface area contributed by atoms with Crippen molar-refractivity contribution in [1.29, 1.82) is 0 Å². The molecule has 7 heteroatoms. The number of rotatable bonds is 3. The molecule has 2 saturated heterocycles. The van der Waals surface area contributed by atoms with Gasteiger partial charge < -0.3 is 15.1 Å². The molecular formula is C10H16F3N3O. The average molecular weight is 251 g/mol. The molecule has 0 spiro atoms. The third-order valence-electron chi connectivity index (χ3n) is 3.15. The van der Waals surface area contributed by atoms with Crippen molar-refractivity contribution in [3.8, 4) is 0 Å². The van der Waals surface area contributed by atoms with Crippen LogP contribution in [-0.2, 0) is 0 Å². The topological polar surface area (TPSA) is 35.6 Å². The highest BCUT2D eigenvalue weighted by molar-refractivity contribution is 5.76. The Morgan fingerprint density at radius 1 is 1.29 bits per heavy atom. The Bertz CT molecular complexity index is 289. The highest BCUT2D eigenvalue weighted by Gasteiger charge is 2.38. The van der Waals surface area contributed by atoms with Gasteiger partial charge in [-0.3, -0.25) is 0 Å². The predicted molar refractivity (Wildman–Crippen MR) is 55.6 cm³/mol. The van der Waals surface area contributed by atoms with Gasteiger partial charge in [-0.1, -0.05) is 0 Å². The van der Waals surface area contributed by atoms with Crippen LogP contribution in [0.4, 0.5) is 18.0 Å². The average Bonchev–Trinajstić information content (AvgIpc) is 2.81. The fourth-order valence-corrected chi connectivity index (χ4v) is 2.34. The molecule has 2 rings (SSSR count). The van der Waals surface area contributed by atoms with E-state index in [0.717, 1.165) is 24.3 Å². The maximum atomic E-state index is 12.2. The maximum Gasteiger partial charge on any atom is 0.406 e. The largest absolute Gasteiger partial charge is 0.406 e. The first-order chi connectivity index (χ1) is 7.96. The maximum absolute atomic E-state index is 12.2. The number of alkyl halides is 3. The smallest absolute Gasteiger partial charge is 0.321 e. The Morgan fingerprint density at radius 2 is 2.00 bits per heavy atom. The third kappa shape index (κ3) is 3.24. The summed E-state index contributed by atoms with van der Waals surface area (Å²) in [5, 5.41) is 3.23. The molecule has 1 unspecified atom stereocenters. The van der Waals surface area contributed by atoms with Crippen LogP contribution in [0.25, 0.3) is 0 Å². The minimum Gasteiger partial charge on any atom is -0.321 e. The quantitative estimate of drug-likeness (QED) is 0.813. The number of amides is 2. The Morgan fingerprint density at radius 3 is 2.59 bits per heavy atom. The molecule has 0 aromatic rings. The fraction of sp³-hybridized carbons (Fsp3) is 0.900. The summed E-state index contributed by atoms with van der Waals surface area (Å²) in [5.41, 5.74) is 0. The first kappa shape index (κ1) is 12.5. The minimum atomic E-state index is -4.31. The summed E-state index contributed by atoms with van der Waals surface area (Å²) in [4.78, 5) is 14.1. The number of nitrogens with one attached hydrogen (secondary N) is 1. The zero-order valence-corrected chi connectivity index (χ0v) is 9.46. The first-order valence-corrected chi connectivity index (χ1v) is 5.80. The van der Waals surface area contributed by atoms with Gasteiger partial charge in [0.2, 0.25) is 0 Å². The second-order valence-electron chi connectivity index (χ2n) is 4.56. The summed E-state index contributed by atoms with van der Waals surface area (Å²) in [6, 6.07) is -0.249. The standard InChI is InChI=1S/C10H16F3N3O/c11-10(12,13)7-16-5-4-15(9(16)17)6-8-2-1-3-14-8/h8,14H,1-7H2. The summed E-state index contributed by atoms with van der Waals surface area (Å²) in [7, 11) is 0. The molecule has 1 N–H and O–H groups in total. The van der Waals surface area contributed by atoms with Gasteiger partial charge in [0.1, 0.15) is 6.54 Å². The van der Waals surface area contributed by atoms with Gasteiger partial charge in [0.05, 0.1) is 0 Å². The fourth-order valence-electron chi connectivity index (χ4n) is 2.34. The molecule has 17 heavy (non-hydrogen) atoms. The number of carbonyl (C=O) groups is 1. The van der Waals surface area contributed by atoms with Crippen LogP contribution < -0.4 is 5.32 Å². The lowest BCUT2D eigenvalue weighted by atomic mass is 10.2. The summed E-state index contributed by atoms with van der Waals surface area (Å²) in [6.45, 7) is 0.880. The number of carbonyl (C=O) groups excluding carboxylic acids is 1. The van der Waals surface area contributed by atoms with E-state index in [4.69, 9.17) is 0 Å². The van der Waals surface area contributed by atoms with Gasteiger partial charge >= 0.3 is 12.2 Å². The van der Waals surface area contributed by atoms with Crippen LogP contribution in [0.3, 0.4) is 0 Å². The van der Waals surface area contributed by atoms with Crippen LogP contribution in [0, 0.1) is 0 Å². The molecule has 0 aromatic carbocycles. The zero-order chi connectivity index (χ0) is 12.5. The number of nitrogens with zero attached hydrogens (tertiary/aromatic N) is 2. The molecule has 2 fully saturated rings. The van der Waals surface area contributed by atoms with Gasteiger partial charge in [0, 0.05) is 25.7 Å². The van der Waals surface area contributed by atoms with Gasteiger partial charge in [0.25, 0.3) is 0 Å². The molecule has 0 aromatic heterocycles. The molecule has 0 bridgehead atoms. The van der Waals surface area contributed by atoms with Crippen molar-refractivity contribution in [1.82, 2.24) is 15.1 Å². The normalized spacial score (nSPS) is 26.1. The molecule has 0 aliphatic carbocycles. The number of urea groups is 1. The van der Waals surface area contributed by atoms with Gasteiger partial charge in [0.15, 0.2) is 0 Å². The summed E-state index contributed by atoms with van der Waals surface area (Å²) >= 11 is 0. The molecule has 4 nitrogen and oxygen atoms in total. The summed E-state index contributed by atoms with van der Waals surface area (Å²) in [5.74, 6) is 0. The monoisotopic (exact) mass is 251 g/mol. The van der Waals surface area contributed by atoms with Crippen LogP contribution in [0.2, 0.25) is 0 Å². The molecule has 2 aliphatic rings. The van der Waals surface area contributed by atoms with Crippen LogP contribution in [0.1, 0.15) is 12.8 Å². The van der Waals surface area contributed by atoms with E-state index in [-0.39, 0.29) is 12.6 Å². The van der Waals surface area contributed by atoms with E-state index < -0.39 is 18.8 Å². The highest BCUT2D eigenvalue weighted by Crippen LogP contribution is 2.20. The van der Waals surface area contributed by atoms with Crippen molar-refractivity contribution >= 4 is 6.03 Å². The molecular weight excluding hydrogens is 235 g/mol. The van der Waals surface area contributed by atoms with Gasteiger partial charge in [-0.15, -0.1) is 0 Å². The van der Waals surface area contributed by atoms with E-state index in [1.165, 1.54) is 4.90 Å². The lowest BCUT2D eigenvalue weighted by molar-refractivity contribution is -0.138. The molecule has 0 saturated carbocycles. The zero-order valence-electron chi connectivity index (χ0n) is 9.46. The van der Waals surface area contributed by atoms with Crippen molar-refractivity contribution in [3.05, 3.63) is 0 Å². The number of halogens is 3. The summed E-state index contributed by atoms with van der Waals surface area (Å²) < 4.78 is 36.6. The third-order valence-corrected chi connectivity index (χ3v) is 3.15. The molecule has 2 heterocycles. The van der Waals surface area contributed by atoms with E-state index in [1.54, 1.807) is 0 Å². The van der Waals surface area contributed by atoms with E-state index >= 15 is 0 Å².